The molecule has 0 atom stereocenters. The molecule has 0 spiro atoms. The van der Waals surface area contributed by atoms with Crippen LogP contribution in [0.1, 0.15) is 33.4 Å². The van der Waals surface area contributed by atoms with Gasteiger partial charge in [-0.25, -0.2) is 4.98 Å². The Morgan fingerprint density at radius 2 is 1.84 bits per heavy atom. The van der Waals surface area contributed by atoms with Gasteiger partial charge in [0.25, 0.3) is 0 Å². The van der Waals surface area contributed by atoms with Gasteiger partial charge in [0.1, 0.15) is 6.61 Å². The van der Waals surface area contributed by atoms with Crippen LogP contribution in [0.15, 0.2) is 6.07 Å². The molecule has 0 saturated heterocycles. The Bertz CT molecular complexity index is 385. The van der Waals surface area contributed by atoms with E-state index in [4.69, 9.17) is 4.74 Å². The number of anilines is 1. The fourth-order valence-corrected chi connectivity index (χ4v) is 2.09. The third-order valence-corrected chi connectivity index (χ3v) is 2.98. The minimum absolute atomic E-state index is 0.517. The van der Waals surface area contributed by atoms with E-state index in [1.54, 1.807) is 7.05 Å². The summed E-state index contributed by atoms with van der Waals surface area (Å²) in [5.41, 5.74) is 0.902. The van der Waals surface area contributed by atoms with Crippen molar-refractivity contribution in [2.45, 2.75) is 46.7 Å². The molecule has 1 rings (SSSR count). The van der Waals surface area contributed by atoms with Crippen LogP contribution in [0.5, 0.6) is 5.88 Å². The molecule has 0 amide bonds. The predicted octanol–water partition coefficient (Wildman–Crippen LogP) is 2.32. The molecule has 0 saturated carbocycles. The van der Waals surface area contributed by atoms with Gasteiger partial charge in [0, 0.05) is 37.4 Å². The van der Waals surface area contributed by atoms with Gasteiger partial charge < -0.3 is 10.1 Å². The molecule has 0 aliphatic rings. The van der Waals surface area contributed by atoms with Crippen molar-refractivity contribution >= 4 is 5.95 Å². The highest BCUT2D eigenvalue weighted by molar-refractivity contribution is 5.29. The molecule has 0 bridgehead atoms. The predicted molar refractivity (Wildman–Crippen MR) is 78.8 cm³/mol. The molecule has 0 aromatic carbocycles. The first-order chi connectivity index (χ1) is 8.93. The Hall–Kier alpha value is -1.36. The van der Waals surface area contributed by atoms with Crippen molar-refractivity contribution in [2.75, 3.05) is 25.5 Å². The standard InChI is InChI=1S/C14H26N4O/c1-10(2)18(11(3)4)7-8-19-13-9-12(5)16-14(15-6)17-13/h9-11H,7-8H2,1-6H3,(H,15,16,17). The average Bonchev–Trinajstić information content (AvgIpc) is 2.32. The fourth-order valence-electron chi connectivity index (χ4n) is 2.09. The van der Waals surface area contributed by atoms with Gasteiger partial charge in [-0.2, -0.15) is 4.98 Å². The molecule has 1 aromatic heterocycles. The molecule has 0 radical (unpaired) electrons. The number of nitrogens with one attached hydrogen (secondary N) is 1. The second kappa shape index (κ2) is 7.28. The largest absolute Gasteiger partial charge is 0.476 e. The highest BCUT2D eigenvalue weighted by Crippen LogP contribution is 2.12. The SMILES string of the molecule is CNc1nc(C)cc(OCCN(C(C)C)C(C)C)n1. The van der Waals surface area contributed by atoms with Gasteiger partial charge in [0.05, 0.1) is 0 Å². The van der Waals surface area contributed by atoms with Gasteiger partial charge in [-0.15, -0.1) is 0 Å². The molecule has 0 aliphatic heterocycles. The molecule has 0 fully saturated rings. The van der Waals surface area contributed by atoms with Gasteiger partial charge >= 0.3 is 0 Å². The van der Waals surface area contributed by atoms with Gasteiger partial charge in [-0.3, -0.25) is 4.90 Å². The molecule has 1 aromatic rings. The van der Waals surface area contributed by atoms with Crippen molar-refractivity contribution < 1.29 is 4.74 Å². The Morgan fingerprint density at radius 3 is 2.37 bits per heavy atom. The van der Waals surface area contributed by atoms with Crippen LogP contribution in [0.4, 0.5) is 5.95 Å². The molecule has 19 heavy (non-hydrogen) atoms. The summed E-state index contributed by atoms with van der Waals surface area (Å²) in [5.74, 6) is 1.23. The normalized spacial score (nSPS) is 11.4. The smallest absolute Gasteiger partial charge is 0.225 e. The lowest BCUT2D eigenvalue weighted by Crippen LogP contribution is -2.39. The van der Waals surface area contributed by atoms with E-state index in [1.807, 2.05) is 13.0 Å². The Morgan fingerprint density at radius 1 is 1.21 bits per heavy atom. The summed E-state index contributed by atoms with van der Waals surface area (Å²) in [6, 6.07) is 2.89. The first-order valence-corrected chi connectivity index (χ1v) is 6.86. The highest BCUT2D eigenvalue weighted by atomic mass is 16.5. The van der Waals surface area contributed by atoms with Crippen molar-refractivity contribution in [3.63, 3.8) is 0 Å². The number of aryl methyl sites for hydroxylation is 1. The van der Waals surface area contributed by atoms with Crippen LogP contribution < -0.4 is 10.1 Å². The monoisotopic (exact) mass is 266 g/mol. The maximum atomic E-state index is 5.73. The number of hydrogen-bond donors (Lipinski definition) is 1. The first kappa shape index (κ1) is 15.7. The maximum absolute atomic E-state index is 5.73. The Labute approximate surface area is 116 Å². The molecule has 0 aliphatic carbocycles. The van der Waals surface area contributed by atoms with Crippen LogP contribution in [0.3, 0.4) is 0 Å². The highest BCUT2D eigenvalue weighted by Gasteiger charge is 2.13. The van der Waals surface area contributed by atoms with E-state index >= 15 is 0 Å². The third kappa shape index (κ3) is 5.03. The minimum Gasteiger partial charge on any atom is -0.476 e. The van der Waals surface area contributed by atoms with Gasteiger partial charge in [-0.05, 0) is 34.6 Å². The second-order valence-electron chi connectivity index (χ2n) is 5.19. The van der Waals surface area contributed by atoms with Gasteiger partial charge in [0.2, 0.25) is 11.8 Å². The van der Waals surface area contributed by atoms with Crippen LogP contribution in [0.25, 0.3) is 0 Å². The molecule has 1 N–H and O–H groups in total. The summed E-state index contributed by atoms with van der Waals surface area (Å²) in [6.45, 7) is 12.3. The van der Waals surface area contributed by atoms with E-state index in [-0.39, 0.29) is 0 Å². The molecule has 5 heteroatoms. The maximum Gasteiger partial charge on any atom is 0.225 e. The summed E-state index contributed by atoms with van der Waals surface area (Å²) >= 11 is 0. The minimum atomic E-state index is 0.517. The quantitative estimate of drug-likeness (QED) is 0.821. The molecule has 108 valence electrons. The van der Waals surface area contributed by atoms with Crippen LogP contribution >= 0.6 is 0 Å². The Balaban J connectivity index is 2.55. The zero-order valence-electron chi connectivity index (χ0n) is 12.9. The fraction of sp³-hybridized carbons (Fsp3) is 0.714. The summed E-state index contributed by atoms with van der Waals surface area (Å²) in [6.07, 6.45) is 0. The summed E-state index contributed by atoms with van der Waals surface area (Å²) in [5, 5.41) is 2.93. The van der Waals surface area contributed by atoms with Gasteiger partial charge in [-0.1, -0.05) is 0 Å². The van der Waals surface area contributed by atoms with E-state index < -0.39 is 0 Å². The number of hydrogen-bond acceptors (Lipinski definition) is 5. The van der Waals surface area contributed by atoms with Crippen LogP contribution in [0.2, 0.25) is 0 Å². The number of aromatic nitrogens is 2. The second-order valence-corrected chi connectivity index (χ2v) is 5.19. The third-order valence-electron chi connectivity index (χ3n) is 2.98. The average molecular weight is 266 g/mol. The van der Waals surface area contributed by atoms with E-state index in [9.17, 15) is 0 Å². The molecular weight excluding hydrogens is 240 g/mol. The van der Waals surface area contributed by atoms with Gasteiger partial charge in [0.15, 0.2) is 0 Å². The topological polar surface area (TPSA) is 50.3 Å². The number of nitrogens with zero attached hydrogens (tertiary/aromatic N) is 3. The Kier molecular flexibility index (Phi) is 6.02. The van der Waals surface area contributed by atoms with E-state index in [2.05, 4.69) is 47.9 Å². The van der Waals surface area contributed by atoms with Crippen molar-refractivity contribution in [2.24, 2.45) is 0 Å². The summed E-state index contributed by atoms with van der Waals surface area (Å²) < 4.78 is 5.73. The van der Waals surface area contributed by atoms with E-state index in [0.717, 1.165) is 12.2 Å². The molecule has 5 nitrogen and oxygen atoms in total. The number of rotatable bonds is 7. The lowest BCUT2D eigenvalue weighted by molar-refractivity contribution is 0.140. The van der Waals surface area contributed by atoms with Crippen molar-refractivity contribution in [3.8, 4) is 5.88 Å². The molecule has 0 unspecified atom stereocenters. The van der Waals surface area contributed by atoms with Crippen molar-refractivity contribution in [1.29, 1.82) is 0 Å². The van der Waals surface area contributed by atoms with Crippen molar-refractivity contribution in [1.82, 2.24) is 14.9 Å². The van der Waals surface area contributed by atoms with Crippen LogP contribution in [0, 0.1) is 6.92 Å². The zero-order chi connectivity index (χ0) is 14.4. The number of ether oxygens (including phenoxy) is 1. The lowest BCUT2D eigenvalue weighted by atomic mass is 10.2. The molecular formula is C14H26N4O. The van der Waals surface area contributed by atoms with Crippen LogP contribution in [-0.2, 0) is 0 Å². The van der Waals surface area contributed by atoms with Crippen LogP contribution in [-0.4, -0.2) is 47.2 Å². The molecule has 1 heterocycles. The van der Waals surface area contributed by atoms with Crippen molar-refractivity contribution in [3.05, 3.63) is 11.8 Å². The lowest BCUT2D eigenvalue weighted by Gasteiger charge is -2.30. The first-order valence-electron chi connectivity index (χ1n) is 6.86. The summed E-state index contributed by atoms with van der Waals surface area (Å²) in [7, 11) is 1.80. The van der Waals surface area contributed by atoms with E-state index in [0.29, 0.717) is 30.5 Å². The zero-order valence-corrected chi connectivity index (χ0v) is 12.9. The van der Waals surface area contributed by atoms with E-state index in [1.165, 1.54) is 0 Å². The summed E-state index contributed by atoms with van der Waals surface area (Å²) in [4.78, 5) is 10.9.